The Bertz CT molecular complexity index is 885. The Morgan fingerprint density at radius 2 is 1.77 bits per heavy atom. The molecule has 2 aromatic carbocycles. The minimum atomic E-state index is -4.02. The van der Waals surface area contributed by atoms with Crippen molar-refractivity contribution in [2.24, 2.45) is 5.73 Å². The fourth-order valence-electron chi connectivity index (χ4n) is 1.78. The third kappa shape index (κ3) is 6.00. The summed E-state index contributed by atoms with van der Waals surface area (Å²) in [6.45, 7) is 0. The van der Waals surface area contributed by atoms with Crippen LogP contribution in [0.2, 0.25) is 0 Å². The second kappa shape index (κ2) is 9.55. The van der Waals surface area contributed by atoms with Gasteiger partial charge in [-0.15, -0.1) is 0 Å². The summed E-state index contributed by atoms with van der Waals surface area (Å²) in [6, 6.07) is 11.0. The van der Waals surface area contributed by atoms with Gasteiger partial charge in [-0.1, -0.05) is 12.1 Å². The average Bonchev–Trinajstić information content (AvgIpc) is 2.60. The van der Waals surface area contributed by atoms with Crippen molar-refractivity contribution in [2.75, 3.05) is 7.05 Å². The number of nitrogens with one attached hydrogen (secondary N) is 1. The summed E-state index contributed by atoms with van der Waals surface area (Å²) < 4.78 is 29.5. The van der Waals surface area contributed by atoms with E-state index in [2.05, 4.69) is 4.99 Å². The Kier molecular flexibility index (Phi) is 8.06. The van der Waals surface area contributed by atoms with E-state index in [9.17, 15) is 18.5 Å². The fraction of sp³-hybridized carbons (Fsp3) is 0.133. The quantitative estimate of drug-likeness (QED) is 0.162. The lowest BCUT2D eigenvalue weighted by Gasteiger charge is -2.07. The van der Waals surface area contributed by atoms with E-state index in [4.69, 9.17) is 9.92 Å². The van der Waals surface area contributed by atoms with Crippen LogP contribution in [0.4, 0.5) is 5.69 Å². The van der Waals surface area contributed by atoms with Gasteiger partial charge in [-0.25, -0.2) is 0 Å². The number of nitrogens with zero attached hydrogens (tertiary/aromatic N) is 1. The molecule has 3 N–H and O–H groups in total. The van der Waals surface area contributed by atoms with Crippen molar-refractivity contribution in [2.45, 2.75) is 10.6 Å². The molecular weight excluding hydrogens is 446 g/mol. The average molecular weight is 462 g/mol. The van der Waals surface area contributed by atoms with Crippen LogP contribution in [0.3, 0.4) is 0 Å². The maximum atomic E-state index is 12.2. The first-order valence-electron chi connectivity index (χ1n) is 7.02. The minimum absolute atomic E-state index is 0. The number of thioether (sulfide) groups is 1. The molecule has 0 bridgehead atoms. The van der Waals surface area contributed by atoms with Gasteiger partial charge in [0, 0.05) is 17.9 Å². The van der Waals surface area contributed by atoms with E-state index in [0.717, 1.165) is 5.56 Å². The van der Waals surface area contributed by atoms with Gasteiger partial charge >= 0.3 is 15.3 Å². The number of hydrogen-bond acceptors (Lipinski definition) is 6. The molecular formula is C15H16BrN3O5S2. The smallest absolute Gasteiger partial charge is 0.339 e. The zero-order valence-corrected chi connectivity index (χ0v) is 16.8. The van der Waals surface area contributed by atoms with E-state index in [0.29, 0.717) is 10.9 Å². The molecule has 11 heteroatoms. The number of nitrogens with two attached hydrogens (primary N) is 1. The number of hydrogen-bond donors (Lipinski definition) is 2. The van der Waals surface area contributed by atoms with Crippen LogP contribution in [0.5, 0.6) is 5.75 Å². The first-order valence-corrected chi connectivity index (χ1v) is 9.42. The van der Waals surface area contributed by atoms with Crippen molar-refractivity contribution >= 4 is 32.7 Å². The second-order valence-electron chi connectivity index (χ2n) is 4.84. The molecule has 0 saturated heterocycles. The molecule has 2 aromatic rings. The van der Waals surface area contributed by atoms with Crippen LogP contribution in [0.25, 0.3) is 0 Å². The summed E-state index contributed by atoms with van der Waals surface area (Å²) in [6.07, 6.45) is 0. The summed E-state index contributed by atoms with van der Waals surface area (Å²) in [5, 5.41) is 11.2. The lowest BCUT2D eigenvalue weighted by atomic mass is 10.2. The largest absolute Gasteiger partial charge is 1.00 e. The molecule has 0 aromatic heterocycles. The third-order valence-electron chi connectivity index (χ3n) is 3.11. The predicted octanol–water partition coefficient (Wildman–Crippen LogP) is -2.38. The topological polar surface area (TPSA) is 126 Å². The summed E-state index contributed by atoms with van der Waals surface area (Å²) >= 11 is 1.40. The molecule has 0 heterocycles. The molecule has 140 valence electrons. The molecule has 0 aliphatic rings. The van der Waals surface area contributed by atoms with Crippen LogP contribution >= 0.6 is 11.8 Å². The Morgan fingerprint density at radius 1 is 1.19 bits per heavy atom. The standard InChI is InChI=1S/C15H15N3O5S2.BrH/c1-17-15(16)24-10-11-2-8-14(9-3-11)25(21,22)23-13-6-4-12(5-7-13)18(19)20;/h2-9H,10H2,1H3,(H2,16,17);1H. The highest BCUT2D eigenvalue weighted by Crippen LogP contribution is 2.22. The van der Waals surface area contributed by atoms with E-state index in [1.165, 1.54) is 48.2 Å². The van der Waals surface area contributed by atoms with Crippen LogP contribution in [-0.4, -0.2) is 25.6 Å². The summed E-state index contributed by atoms with van der Waals surface area (Å²) in [5.74, 6) is 0.595. The molecule has 0 fully saturated rings. The molecule has 26 heavy (non-hydrogen) atoms. The number of nitro benzene ring substituents is 1. The van der Waals surface area contributed by atoms with E-state index in [-0.39, 0.29) is 33.3 Å². The van der Waals surface area contributed by atoms with Gasteiger partial charge in [0.15, 0.2) is 0 Å². The molecule has 0 unspecified atom stereocenters. The highest BCUT2D eigenvalue weighted by atomic mass is 79.9. The zero-order chi connectivity index (χ0) is 18.4. The van der Waals surface area contributed by atoms with Crippen LogP contribution in [-0.2, 0) is 15.9 Å². The Hall–Kier alpha value is -2.11. The molecule has 0 radical (unpaired) electrons. The number of nitro groups is 1. The van der Waals surface area contributed by atoms with E-state index < -0.39 is 15.0 Å². The maximum Gasteiger partial charge on any atom is 0.339 e. The van der Waals surface area contributed by atoms with Gasteiger partial charge in [0.2, 0.25) is 0 Å². The molecule has 2 rings (SSSR count). The molecule has 0 saturated carbocycles. The summed E-state index contributed by atoms with van der Waals surface area (Å²) in [7, 11) is -2.30. The third-order valence-corrected chi connectivity index (χ3v) is 5.36. The summed E-state index contributed by atoms with van der Waals surface area (Å²) in [5.41, 5.74) is 6.40. The molecule has 0 amide bonds. The number of rotatable bonds is 6. The predicted molar refractivity (Wildman–Crippen MR) is 94.7 cm³/mol. The molecule has 0 aliphatic carbocycles. The highest BCUT2D eigenvalue weighted by molar-refractivity contribution is 8.12. The van der Waals surface area contributed by atoms with Crippen LogP contribution in [0, 0.1) is 10.1 Å². The number of non-ortho nitro benzene ring substituents is 1. The van der Waals surface area contributed by atoms with Gasteiger partial charge in [-0.05, 0) is 41.6 Å². The first kappa shape index (κ1) is 21.9. The number of amidine groups is 1. The van der Waals surface area contributed by atoms with Crippen molar-refractivity contribution in [3.8, 4) is 5.75 Å². The van der Waals surface area contributed by atoms with Crippen molar-refractivity contribution in [3.63, 3.8) is 0 Å². The molecule has 0 atom stereocenters. The van der Waals surface area contributed by atoms with Crippen molar-refractivity contribution < 1.29 is 39.5 Å². The van der Waals surface area contributed by atoms with Crippen molar-refractivity contribution in [3.05, 3.63) is 64.2 Å². The fourth-order valence-corrected chi connectivity index (χ4v) is 3.37. The van der Waals surface area contributed by atoms with E-state index >= 15 is 0 Å². The Morgan fingerprint density at radius 3 is 2.27 bits per heavy atom. The van der Waals surface area contributed by atoms with Gasteiger partial charge in [-0.3, -0.25) is 20.8 Å². The SMILES string of the molecule is C[NH+]=C(N)SCc1ccc(S(=O)(=O)Oc2ccc([N+](=O)[O-])cc2)cc1.[Br-]. The Labute approximate surface area is 165 Å². The van der Waals surface area contributed by atoms with Crippen LogP contribution in [0.15, 0.2) is 53.4 Å². The lowest BCUT2D eigenvalue weighted by Crippen LogP contribution is -3.00. The van der Waals surface area contributed by atoms with Crippen LogP contribution in [0.1, 0.15) is 5.56 Å². The normalized spacial score (nSPS) is 11.5. The lowest BCUT2D eigenvalue weighted by molar-refractivity contribution is -0.417. The summed E-state index contributed by atoms with van der Waals surface area (Å²) in [4.78, 5) is 12.8. The van der Waals surface area contributed by atoms with Gasteiger partial charge in [0.05, 0.1) is 12.0 Å². The molecule has 0 spiro atoms. The highest BCUT2D eigenvalue weighted by Gasteiger charge is 2.17. The van der Waals surface area contributed by atoms with Crippen molar-refractivity contribution in [1.29, 1.82) is 0 Å². The van der Waals surface area contributed by atoms with Gasteiger partial charge in [-0.2, -0.15) is 8.42 Å². The molecule has 0 aliphatic heterocycles. The first-order chi connectivity index (χ1) is 11.8. The van der Waals surface area contributed by atoms with E-state index in [1.54, 1.807) is 19.2 Å². The number of halogens is 1. The van der Waals surface area contributed by atoms with Crippen molar-refractivity contribution in [1.82, 2.24) is 0 Å². The Balaban J connectivity index is 0.00000338. The second-order valence-corrected chi connectivity index (χ2v) is 7.40. The van der Waals surface area contributed by atoms with Crippen LogP contribution < -0.4 is 31.9 Å². The van der Waals surface area contributed by atoms with Gasteiger partial charge in [0.25, 0.3) is 5.69 Å². The zero-order valence-electron chi connectivity index (χ0n) is 13.6. The van der Waals surface area contributed by atoms with Gasteiger partial charge < -0.3 is 21.2 Å². The monoisotopic (exact) mass is 461 g/mol. The maximum absolute atomic E-state index is 12.2. The van der Waals surface area contributed by atoms with E-state index in [1.807, 2.05) is 0 Å². The minimum Gasteiger partial charge on any atom is -1.00 e. The molecule has 8 nitrogen and oxygen atoms in total. The van der Waals surface area contributed by atoms with Gasteiger partial charge in [0.1, 0.15) is 10.6 Å². The number of benzene rings is 2.